The van der Waals surface area contributed by atoms with Gasteiger partial charge in [-0.25, -0.2) is 9.59 Å². The second-order valence-corrected chi connectivity index (χ2v) is 3.04. The molecule has 0 spiro atoms. The van der Waals surface area contributed by atoms with Gasteiger partial charge in [-0.05, 0) is 13.8 Å². The van der Waals surface area contributed by atoms with Gasteiger partial charge in [0.1, 0.15) is 0 Å². The molecule has 8 heteroatoms. The van der Waals surface area contributed by atoms with Gasteiger partial charge in [-0.15, -0.1) is 0 Å². The number of nitrogens with one attached hydrogen (secondary N) is 2. The van der Waals surface area contributed by atoms with Gasteiger partial charge in [-0.1, -0.05) is 0 Å². The van der Waals surface area contributed by atoms with Gasteiger partial charge >= 0.3 is 12.2 Å². The highest BCUT2D eigenvalue weighted by Gasteiger charge is 2.12. The second kappa shape index (κ2) is 8.97. The number of carbonyl (C=O) groups is 4. The summed E-state index contributed by atoms with van der Waals surface area (Å²) >= 11 is 0. The number of hydrogen-bond acceptors (Lipinski definition) is 6. The molecule has 0 aromatic carbocycles. The summed E-state index contributed by atoms with van der Waals surface area (Å²) in [5.74, 6) is -1.32. The quantitative estimate of drug-likeness (QED) is 0.736. The van der Waals surface area contributed by atoms with E-state index in [1.807, 2.05) is 10.6 Å². The first-order valence-corrected chi connectivity index (χ1v) is 5.42. The average molecular weight is 260 g/mol. The maximum absolute atomic E-state index is 11.1. The summed E-state index contributed by atoms with van der Waals surface area (Å²) in [6.45, 7) is 3.47. The number of imide groups is 2. The molecule has 8 nitrogen and oxygen atoms in total. The molecule has 0 bridgehead atoms. The van der Waals surface area contributed by atoms with Crippen LogP contribution >= 0.6 is 0 Å². The minimum atomic E-state index is -0.867. The van der Waals surface area contributed by atoms with Gasteiger partial charge in [0, 0.05) is 12.8 Å². The van der Waals surface area contributed by atoms with E-state index < -0.39 is 24.0 Å². The highest BCUT2D eigenvalue weighted by molar-refractivity contribution is 5.96. The predicted octanol–water partition coefficient (Wildman–Crippen LogP) is 0.312. The predicted molar refractivity (Wildman–Crippen MR) is 59.6 cm³/mol. The van der Waals surface area contributed by atoms with Crippen molar-refractivity contribution in [3.8, 4) is 0 Å². The Labute approximate surface area is 104 Å². The monoisotopic (exact) mass is 260 g/mol. The third-order valence-electron chi connectivity index (χ3n) is 1.61. The van der Waals surface area contributed by atoms with E-state index in [1.165, 1.54) is 0 Å². The van der Waals surface area contributed by atoms with Crippen molar-refractivity contribution < 1.29 is 28.7 Å². The summed E-state index contributed by atoms with van der Waals surface area (Å²) in [6.07, 6.45) is -2.20. The van der Waals surface area contributed by atoms with Gasteiger partial charge in [-0.2, -0.15) is 0 Å². The van der Waals surface area contributed by atoms with Crippen molar-refractivity contribution in [2.24, 2.45) is 0 Å². The van der Waals surface area contributed by atoms with Crippen LogP contribution in [0.1, 0.15) is 26.7 Å². The molecule has 0 heterocycles. The van der Waals surface area contributed by atoms with E-state index >= 15 is 0 Å². The Morgan fingerprint density at radius 2 is 1.11 bits per heavy atom. The van der Waals surface area contributed by atoms with Crippen LogP contribution in [0.3, 0.4) is 0 Å². The highest BCUT2D eigenvalue weighted by atomic mass is 16.6. The summed E-state index contributed by atoms with van der Waals surface area (Å²) < 4.78 is 8.94. The molecule has 0 saturated heterocycles. The van der Waals surface area contributed by atoms with Crippen LogP contribution in [0.4, 0.5) is 9.59 Å². The summed E-state index contributed by atoms with van der Waals surface area (Å²) in [6, 6.07) is 0. The fraction of sp³-hybridized carbons (Fsp3) is 0.600. The molecule has 2 N–H and O–H groups in total. The van der Waals surface area contributed by atoms with E-state index in [-0.39, 0.29) is 26.1 Å². The van der Waals surface area contributed by atoms with E-state index in [0.717, 1.165) is 0 Å². The normalized spacial score (nSPS) is 9.22. The Kier molecular flexibility index (Phi) is 7.91. The Morgan fingerprint density at radius 1 is 0.778 bits per heavy atom. The molecule has 0 radical (unpaired) electrons. The molecule has 18 heavy (non-hydrogen) atoms. The zero-order valence-corrected chi connectivity index (χ0v) is 10.3. The number of ether oxygens (including phenoxy) is 2. The van der Waals surface area contributed by atoms with Crippen molar-refractivity contribution in [2.45, 2.75) is 26.7 Å². The smallest absolute Gasteiger partial charge is 0.413 e. The van der Waals surface area contributed by atoms with Gasteiger partial charge in [0.2, 0.25) is 11.8 Å². The third kappa shape index (κ3) is 8.08. The molecule has 0 aromatic heterocycles. The molecule has 0 aliphatic carbocycles. The van der Waals surface area contributed by atoms with E-state index in [2.05, 4.69) is 9.47 Å². The van der Waals surface area contributed by atoms with Crippen molar-refractivity contribution in [3.63, 3.8) is 0 Å². The van der Waals surface area contributed by atoms with E-state index in [1.54, 1.807) is 13.8 Å². The van der Waals surface area contributed by atoms with Crippen molar-refractivity contribution in [2.75, 3.05) is 13.2 Å². The van der Waals surface area contributed by atoms with Crippen LogP contribution < -0.4 is 10.6 Å². The molecule has 0 saturated carbocycles. The maximum Gasteiger partial charge on any atom is 0.413 e. The lowest BCUT2D eigenvalue weighted by atomic mass is 10.3. The lowest BCUT2D eigenvalue weighted by Crippen LogP contribution is -2.34. The Morgan fingerprint density at radius 3 is 1.39 bits per heavy atom. The molecule has 0 rings (SSSR count). The van der Waals surface area contributed by atoms with Gasteiger partial charge in [0.15, 0.2) is 0 Å². The first kappa shape index (κ1) is 15.9. The molecule has 0 aliphatic heterocycles. The van der Waals surface area contributed by atoms with Crippen molar-refractivity contribution in [1.82, 2.24) is 10.6 Å². The first-order valence-electron chi connectivity index (χ1n) is 5.42. The number of hydrogen-bond donors (Lipinski definition) is 2. The molecule has 0 aliphatic rings. The number of alkyl carbamates (subject to hydrolysis) is 2. The van der Waals surface area contributed by atoms with Crippen LogP contribution in [0, 0.1) is 0 Å². The zero-order chi connectivity index (χ0) is 14.0. The fourth-order valence-electron chi connectivity index (χ4n) is 0.914. The minimum Gasteiger partial charge on any atom is -0.450 e. The van der Waals surface area contributed by atoms with Crippen LogP contribution in [-0.4, -0.2) is 37.2 Å². The number of carbonyl (C=O) groups excluding carboxylic acids is 4. The largest absolute Gasteiger partial charge is 0.450 e. The van der Waals surface area contributed by atoms with Gasteiger partial charge in [-0.3, -0.25) is 20.2 Å². The molecule has 0 unspecified atom stereocenters. The lowest BCUT2D eigenvalue weighted by Gasteiger charge is -2.05. The van der Waals surface area contributed by atoms with Crippen LogP contribution in [0.25, 0.3) is 0 Å². The van der Waals surface area contributed by atoms with Crippen molar-refractivity contribution in [3.05, 3.63) is 0 Å². The van der Waals surface area contributed by atoms with Crippen molar-refractivity contribution >= 4 is 24.0 Å². The fourth-order valence-corrected chi connectivity index (χ4v) is 0.914. The lowest BCUT2D eigenvalue weighted by molar-refractivity contribution is -0.125. The molecule has 0 aromatic rings. The van der Waals surface area contributed by atoms with E-state index in [0.29, 0.717) is 0 Å². The minimum absolute atomic E-state index is 0.141. The zero-order valence-electron chi connectivity index (χ0n) is 10.3. The van der Waals surface area contributed by atoms with Gasteiger partial charge in [0.25, 0.3) is 0 Å². The number of rotatable bonds is 5. The molecule has 0 fully saturated rings. The SMILES string of the molecule is CCOC(=O)NC(=O)CCC(=O)NC(=O)OCC. The summed E-state index contributed by atoms with van der Waals surface area (Å²) in [5, 5.41) is 3.84. The second-order valence-electron chi connectivity index (χ2n) is 3.04. The van der Waals surface area contributed by atoms with Crippen molar-refractivity contribution in [1.29, 1.82) is 0 Å². The molecular weight excluding hydrogens is 244 g/mol. The van der Waals surface area contributed by atoms with Gasteiger partial charge < -0.3 is 9.47 Å². The standard InChI is InChI=1S/C10H16N2O6/c1-3-17-9(15)11-7(13)5-6-8(14)12-10(16)18-4-2/h3-6H2,1-2H3,(H,11,13,15)(H,12,14,16). The highest BCUT2D eigenvalue weighted by Crippen LogP contribution is 1.91. The summed E-state index contributed by atoms with van der Waals surface area (Å²) in [7, 11) is 0. The van der Waals surface area contributed by atoms with Crippen LogP contribution in [0.15, 0.2) is 0 Å². The maximum atomic E-state index is 11.1. The summed E-state index contributed by atoms with van der Waals surface area (Å²) in [5.41, 5.74) is 0. The Balaban J connectivity index is 3.81. The third-order valence-corrected chi connectivity index (χ3v) is 1.61. The average Bonchev–Trinajstić information content (AvgIpc) is 2.27. The Hall–Kier alpha value is -2.12. The first-order chi connectivity index (χ1) is 8.49. The van der Waals surface area contributed by atoms with E-state index in [4.69, 9.17) is 0 Å². The molecule has 102 valence electrons. The molecule has 0 atom stereocenters. The van der Waals surface area contributed by atoms with Crippen LogP contribution in [-0.2, 0) is 19.1 Å². The van der Waals surface area contributed by atoms with Crippen LogP contribution in [0.5, 0.6) is 0 Å². The molecular formula is C10H16N2O6. The molecule has 4 amide bonds. The summed E-state index contributed by atoms with van der Waals surface area (Å²) in [4.78, 5) is 43.9. The topological polar surface area (TPSA) is 111 Å². The Bertz CT molecular complexity index is 296. The number of amides is 4. The van der Waals surface area contributed by atoms with E-state index in [9.17, 15) is 19.2 Å². The van der Waals surface area contributed by atoms with Crippen LogP contribution in [0.2, 0.25) is 0 Å². The van der Waals surface area contributed by atoms with Gasteiger partial charge in [0.05, 0.1) is 13.2 Å².